The van der Waals surface area contributed by atoms with Gasteiger partial charge in [0.1, 0.15) is 5.76 Å². The van der Waals surface area contributed by atoms with Crippen LogP contribution in [0.5, 0.6) is 0 Å². The van der Waals surface area contributed by atoms with E-state index in [2.05, 4.69) is 24.1 Å². The first-order valence-electron chi connectivity index (χ1n) is 7.38. The van der Waals surface area contributed by atoms with Crippen molar-refractivity contribution in [1.29, 1.82) is 0 Å². The highest BCUT2D eigenvalue weighted by Gasteiger charge is 2.21. The van der Waals surface area contributed by atoms with Crippen LogP contribution in [0.3, 0.4) is 0 Å². The largest absolute Gasteiger partial charge is 0.465 e. The highest BCUT2D eigenvalue weighted by Crippen LogP contribution is 2.17. The molecular formula is C16H24N2O2. The summed E-state index contributed by atoms with van der Waals surface area (Å²) in [6.07, 6.45) is 7.24. The number of piperidine rings is 1. The summed E-state index contributed by atoms with van der Waals surface area (Å²) >= 11 is 0. The number of nitrogens with zero attached hydrogens (tertiary/aromatic N) is 1. The topological polar surface area (TPSA) is 45.5 Å². The van der Waals surface area contributed by atoms with Crippen molar-refractivity contribution >= 4 is 12.0 Å². The lowest BCUT2D eigenvalue weighted by Crippen LogP contribution is -2.43. The highest BCUT2D eigenvalue weighted by atomic mass is 16.3. The quantitative estimate of drug-likeness (QED) is 0.841. The minimum Gasteiger partial charge on any atom is -0.465 e. The van der Waals surface area contributed by atoms with E-state index in [1.165, 1.54) is 25.5 Å². The van der Waals surface area contributed by atoms with Gasteiger partial charge in [-0.25, -0.2) is 0 Å². The van der Waals surface area contributed by atoms with Gasteiger partial charge in [0.2, 0.25) is 5.91 Å². The molecule has 1 aromatic rings. The molecule has 1 atom stereocenters. The minimum absolute atomic E-state index is 0.0527. The predicted molar refractivity (Wildman–Crippen MR) is 80.2 cm³/mol. The Kier molecular flexibility index (Phi) is 5.41. The van der Waals surface area contributed by atoms with E-state index in [1.807, 2.05) is 6.07 Å². The average Bonchev–Trinajstić information content (AvgIpc) is 2.96. The summed E-state index contributed by atoms with van der Waals surface area (Å²) in [4.78, 5) is 14.2. The third-order valence-electron chi connectivity index (χ3n) is 3.79. The van der Waals surface area contributed by atoms with Crippen LogP contribution < -0.4 is 5.32 Å². The van der Waals surface area contributed by atoms with Crippen LogP contribution in [0.25, 0.3) is 6.08 Å². The monoisotopic (exact) mass is 276 g/mol. The fraction of sp³-hybridized carbons (Fsp3) is 0.562. The SMILES string of the molecule is CC(C)N1CCCC(CNC(=O)/C=C/c2ccco2)C1. The maximum atomic E-state index is 11.7. The van der Waals surface area contributed by atoms with Crippen LogP contribution in [-0.2, 0) is 4.79 Å². The molecule has 4 nitrogen and oxygen atoms in total. The third kappa shape index (κ3) is 4.53. The molecule has 1 N–H and O–H groups in total. The van der Waals surface area contributed by atoms with Crippen molar-refractivity contribution in [3.8, 4) is 0 Å². The summed E-state index contributed by atoms with van der Waals surface area (Å²) in [5, 5.41) is 2.98. The molecule has 2 rings (SSSR count). The zero-order valence-electron chi connectivity index (χ0n) is 12.3. The molecule has 110 valence electrons. The van der Waals surface area contributed by atoms with Crippen LogP contribution in [0.4, 0.5) is 0 Å². The zero-order valence-corrected chi connectivity index (χ0v) is 12.3. The van der Waals surface area contributed by atoms with Crippen molar-refractivity contribution < 1.29 is 9.21 Å². The molecule has 2 heterocycles. The lowest BCUT2D eigenvalue weighted by atomic mass is 9.97. The fourth-order valence-corrected chi connectivity index (χ4v) is 2.58. The Morgan fingerprint density at radius 1 is 1.60 bits per heavy atom. The average molecular weight is 276 g/mol. The van der Waals surface area contributed by atoms with Crippen molar-refractivity contribution in [1.82, 2.24) is 10.2 Å². The number of furan rings is 1. The molecule has 1 amide bonds. The van der Waals surface area contributed by atoms with E-state index in [4.69, 9.17) is 4.42 Å². The second-order valence-electron chi connectivity index (χ2n) is 5.69. The molecule has 1 unspecified atom stereocenters. The number of hydrogen-bond acceptors (Lipinski definition) is 3. The van der Waals surface area contributed by atoms with Crippen LogP contribution in [0, 0.1) is 5.92 Å². The van der Waals surface area contributed by atoms with Gasteiger partial charge in [-0.2, -0.15) is 0 Å². The second kappa shape index (κ2) is 7.29. The number of likely N-dealkylation sites (tertiary alicyclic amines) is 1. The van der Waals surface area contributed by atoms with Gasteiger partial charge in [0.25, 0.3) is 0 Å². The lowest BCUT2D eigenvalue weighted by molar-refractivity contribution is -0.116. The summed E-state index contributed by atoms with van der Waals surface area (Å²) < 4.78 is 5.15. The molecule has 0 saturated carbocycles. The third-order valence-corrected chi connectivity index (χ3v) is 3.79. The van der Waals surface area contributed by atoms with Gasteiger partial charge < -0.3 is 14.6 Å². The molecule has 20 heavy (non-hydrogen) atoms. The summed E-state index contributed by atoms with van der Waals surface area (Å²) in [5.41, 5.74) is 0. The smallest absolute Gasteiger partial charge is 0.244 e. The standard InChI is InChI=1S/C16H24N2O2/c1-13(2)18-9-3-5-14(12-18)11-17-16(19)8-7-15-6-4-10-20-15/h4,6-8,10,13-14H,3,5,9,11-12H2,1-2H3,(H,17,19)/b8-7+. The Morgan fingerprint density at radius 2 is 2.45 bits per heavy atom. The van der Waals surface area contributed by atoms with Crippen molar-refractivity contribution in [2.45, 2.75) is 32.7 Å². The maximum Gasteiger partial charge on any atom is 0.244 e. The van der Waals surface area contributed by atoms with Crippen LogP contribution in [0.15, 0.2) is 28.9 Å². The number of nitrogens with one attached hydrogen (secondary N) is 1. The first kappa shape index (κ1) is 14.9. The molecule has 0 aliphatic carbocycles. The minimum atomic E-state index is -0.0527. The Labute approximate surface area is 120 Å². The van der Waals surface area contributed by atoms with Crippen molar-refractivity contribution in [2.75, 3.05) is 19.6 Å². The molecule has 1 aliphatic heterocycles. The normalized spacial score (nSPS) is 20.6. The van der Waals surface area contributed by atoms with Gasteiger partial charge in [-0.15, -0.1) is 0 Å². The van der Waals surface area contributed by atoms with Gasteiger partial charge in [-0.3, -0.25) is 4.79 Å². The number of carbonyl (C=O) groups is 1. The molecule has 1 saturated heterocycles. The van der Waals surface area contributed by atoms with E-state index in [9.17, 15) is 4.79 Å². The predicted octanol–water partition coefficient (Wildman–Crippen LogP) is 2.53. The summed E-state index contributed by atoms with van der Waals surface area (Å²) in [6.45, 7) is 7.48. The highest BCUT2D eigenvalue weighted by molar-refractivity contribution is 5.91. The molecule has 1 aromatic heterocycles. The fourth-order valence-electron chi connectivity index (χ4n) is 2.58. The Balaban J connectivity index is 1.73. The second-order valence-corrected chi connectivity index (χ2v) is 5.69. The Hall–Kier alpha value is -1.55. The van der Waals surface area contributed by atoms with E-state index >= 15 is 0 Å². The van der Waals surface area contributed by atoms with Gasteiger partial charge in [-0.05, 0) is 57.4 Å². The Morgan fingerprint density at radius 3 is 3.15 bits per heavy atom. The number of rotatable bonds is 5. The molecule has 0 spiro atoms. The van der Waals surface area contributed by atoms with Crippen molar-refractivity contribution in [3.05, 3.63) is 30.2 Å². The van der Waals surface area contributed by atoms with Gasteiger partial charge in [0.15, 0.2) is 0 Å². The molecule has 0 radical (unpaired) electrons. The molecule has 4 heteroatoms. The number of amides is 1. The molecule has 1 fully saturated rings. The lowest BCUT2D eigenvalue weighted by Gasteiger charge is -2.35. The summed E-state index contributed by atoms with van der Waals surface area (Å²) in [7, 11) is 0. The van der Waals surface area contributed by atoms with Crippen molar-refractivity contribution in [3.63, 3.8) is 0 Å². The van der Waals surface area contributed by atoms with Crippen LogP contribution >= 0.6 is 0 Å². The van der Waals surface area contributed by atoms with Gasteiger partial charge in [0.05, 0.1) is 6.26 Å². The summed E-state index contributed by atoms with van der Waals surface area (Å²) in [5.74, 6) is 1.21. The first-order chi connectivity index (χ1) is 9.65. The summed E-state index contributed by atoms with van der Waals surface area (Å²) in [6, 6.07) is 4.22. The van der Waals surface area contributed by atoms with E-state index in [0.717, 1.165) is 13.1 Å². The van der Waals surface area contributed by atoms with Gasteiger partial charge >= 0.3 is 0 Å². The van der Waals surface area contributed by atoms with Gasteiger partial charge in [0, 0.05) is 25.2 Å². The van der Waals surface area contributed by atoms with Gasteiger partial charge in [-0.1, -0.05) is 0 Å². The van der Waals surface area contributed by atoms with Crippen LogP contribution in [0.2, 0.25) is 0 Å². The molecular weight excluding hydrogens is 252 g/mol. The zero-order chi connectivity index (χ0) is 14.4. The maximum absolute atomic E-state index is 11.7. The van der Waals surface area contributed by atoms with E-state index in [-0.39, 0.29) is 5.91 Å². The van der Waals surface area contributed by atoms with Crippen LogP contribution in [0.1, 0.15) is 32.4 Å². The van der Waals surface area contributed by atoms with E-state index < -0.39 is 0 Å². The van der Waals surface area contributed by atoms with Crippen LogP contribution in [-0.4, -0.2) is 36.5 Å². The van der Waals surface area contributed by atoms with E-state index in [0.29, 0.717) is 17.7 Å². The van der Waals surface area contributed by atoms with E-state index in [1.54, 1.807) is 18.4 Å². The molecule has 0 aromatic carbocycles. The Bertz CT molecular complexity index is 437. The first-order valence-corrected chi connectivity index (χ1v) is 7.38. The number of hydrogen-bond donors (Lipinski definition) is 1. The molecule has 1 aliphatic rings. The number of carbonyl (C=O) groups excluding carboxylic acids is 1. The molecule has 0 bridgehead atoms. The van der Waals surface area contributed by atoms with Crippen molar-refractivity contribution in [2.24, 2.45) is 5.92 Å².